The molecular formula is C15H16N2O. The first-order valence-electron chi connectivity index (χ1n) is 6.24. The summed E-state index contributed by atoms with van der Waals surface area (Å²) < 4.78 is 5.94. The zero-order valence-corrected chi connectivity index (χ0v) is 10.4. The maximum atomic E-state index is 5.94. The van der Waals surface area contributed by atoms with Gasteiger partial charge in [0.1, 0.15) is 5.75 Å². The number of hydrogen-bond donors (Lipinski definition) is 1. The molecule has 1 aliphatic heterocycles. The van der Waals surface area contributed by atoms with Crippen LogP contribution in [-0.2, 0) is 6.42 Å². The van der Waals surface area contributed by atoms with Crippen LogP contribution in [0, 0.1) is 0 Å². The van der Waals surface area contributed by atoms with Gasteiger partial charge in [0.05, 0.1) is 0 Å². The Kier molecular flexibility index (Phi) is 2.99. The van der Waals surface area contributed by atoms with Crippen LogP contribution in [-0.4, -0.2) is 18.6 Å². The fourth-order valence-electron chi connectivity index (χ4n) is 2.48. The van der Waals surface area contributed by atoms with E-state index in [0.29, 0.717) is 5.92 Å². The predicted octanol–water partition coefficient (Wildman–Crippen LogP) is 2.73. The van der Waals surface area contributed by atoms with Crippen molar-refractivity contribution < 1.29 is 4.74 Å². The smallest absolute Gasteiger partial charge is 0.222 e. The molecule has 2 aromatic rings. The SMILES string of the molecule is CNC[C@H]1Cc2ccccc2Oc2ncccc21. The van der Waals surface area contributed by atoms with E-state index in [4.69, 9.17) is 4.74 Å². The molecule has 0 fully saturated rings. The topological polar surface area (TPSA) is 34.1 Å². The van der Waals surface area contributed by atoms with Crippen LogP contribution >= 0.6 is 0 Å². The Morgan fingerprint density at radius 1 is 1.28 bits per heavy atom. The predicted molar refractivity (Wildman–Crippen MR) is 71.1 cm³/mol. The Balaban J connectivity index is 2.08. The van der Waals surface area contributed by atoms with Gasteiger partial charge in [-0.3, -0.25) is 0 Å². The third kappa shape index (κ3) is 1.97. The second-order valence-corrected chi connectivity index (χ2v) is 4.57. The summed E-state index contributed by atoms with van der Waals surface area (Å²) in [5.41, 5.74) is 2.43. The van der Waals surface area contributed by atoms with Crippen molar-refractivity contribution in [3.63, 3.8) is 0 Å². The number of benzene rings is 1. The second-order valence-electron chi connectivity index (χ2n) is 4.57. The first-order chi connectivity index (χ1) is 8.88. The lowest BCUT2D eigenvalue weighted by Crippen LogP contribution is -2.18. The van der Waals surface area contributed by atoms with Crippen molar-refractivity contribution in [2.75, 3.05) is 13.6 Å². The molecule has 0 amide bonds. The summed E-state index contributed by atoms with van der Waals surface area (Å²) in [6.07, 6.45) is 2.76. The first kappa shape index (κ1) is 11.2. The highest BCUT2D eigenvalue weighted by atomic mass is 16.5. The molecule has 3 nitrogen and oxygen atoms in total. The number of hydrogen-bond acceptors (Lipinski definition) is 3. The number of rotatable bonds is 2. The highest BCUT2D eigenvalue weighted by Gasteiger charge is 2.23. The molecule has 0 bridgehead atoms. The number of fused-ring (bicyclic) bond motifs is 2. The molecule has 0 saturated carbocycles. The monoisotopic (exact) mass is 240 g/mol. The Labute approximate surface area is 107 Å². The largest absolute Gasteiger partial charge is 0.438 e. The Bertz CT molecular complexity index is 554. The molecule has 2 heterocycles. The van der Waals surface area contributed by atoms with Crippen molar-refractivity contribution in [1.82, 2.24) is 10.3 Å². The van der Waals surface area contributed by atoms with Crippen LogP contribution in [0.1, 0.15) is 17.0 Å². The zero-order chi connectivity index (χ0) is 12.4. The van der Waals surface area contributed by atoms with Gasteiger partial charge in [0.25, 0.3) is 0 Å². The van der Waals surface area contributed by atoms with Gasteiger partial charge in [-0.2, -0.15) is 0 Å². The third-order valence-electron chi connectivity index (χ3n) is 3.34. The van der Waals surface area contributed by atoms with Crippen LogP contribution in [0.3, 0.4) is 0 Å². The van der Waals surface area contributed by atoms with Crippen molar-refractivity contribution in [3.05, 3.63) is 53.7 Å². The summed E-state index contributed by atoms with van der Waals surface area (Å²) in [4.78, 5) is 4.36. The number of aromatic nitrogens is 1. The van der Waals surface area contributed by atoms with Gasteiger partial charge in [0.2, 0.25) is 5.88 Å². The minimum atomic E-state index is 0.405. The zero-order valence-electron chi connectivity index (χ0n) is 10.4. The van der Waals surface area contributed by atoms with Crippen LogP contribution in [0.4, 0.5) is 0 Å². The molecule has 1 aromatic heterocycles. The van der Waals surface area contributed by atoms with E-state index in [1.165, 1.54) is 11.1 Å². The van der Waals surface area contributed by atoms with Gasteiger partial charge in [0, 0.05) is 24.2 Å². The van der Waals surface area contributed by atoms with Crippen molar-refractivity contribution in [2.45, 2.75) is 12.3 Å². The maximum Gasteiger partial charge on any atom is 0.222 e. The molecule has 0 saturated heterocycles. The van der Waals surface area contributed by atoms with E-state index in [1.54, 1.807) is 6.20 Å². The van der Waals surface area contributed by atoms with Crippen molar-refractivity contribution in [3.8, 4) is 11.6 Å². The van der Waals surface area contributed by atoms with Crippen LogP contribution in [0.5, 0.6) is 11.6 Å². The highest BCUT2D eigenvalue weighted by molar-refractivity contribution is 5.44. The average Bonchev–Trinajstić information content (AvgIpc) is 2.56. The molecule has 0 radical (unpaired) electrons. The van der Waals surface area contributed by atoms with Gasteiger partial charge in [-0.25, -0.2) is 4.98 Å². The minimum Gasteiger partial charge on any atom is -0.438 e. The normalized spacial score (nSPS) is 17.3. The van der Waals surface area contributed by atoms with Crippen LogP contribution < -0.4 is 10.1 Å². The fourth-order valence-corrected chi connectivity index (χ4v) is 2.48. The summed E-state index contributed by atoms with van der Waals surface area (Å²) in [5, 5.41) is 3.25. The molecule has 1 N–H and O–H groups in total. The molecule has 0 aliphatic carbocycles. The molecule has 1 aliphatic rings. The Hall–Kier alpha value is -1.87. The third-order valence-corrected chi connectivity index (χ3v) is 3.34. The second kappa shape index (κ2) is 4.78. The van der Waals surface area contributed by atoms with E-state index >= 15 is 0 Å². The summed E-state index contributed by atoms with van der Waals surface area (Å²) in [6, 6.07) is 12.3. The molecule has 3 rings (SSSR count). The van der Waals surface area contributed by atoms with Gasteiger partial charge in [0.15, 0.2) is 0 Å². The van der Waals surface area contributed by atoms with Gasteiger partial charge in [-0.05, 0) is 31.2 Å². The molecule has 0 spiro atoms. The van der Waals surface area contributed by atoms with Crippen LogP contribution in [0.15, 0.2) is 42.6 Å². The molecule has 3 heteroatoms. The Morgan fingerprint density at radius 2 is 2.17 bits per heavy atom. The molecule has 1 aromatic carbocycles. The van der Waals surface area contributed by atoms with E-state index in [0.717, 1.165) is 24.6 Å². The summed E-state index contributed by atoms with van der Waals surface area (Å²) in [7, 11) is 1.98. The molecule has 0 unspecified atom stereocenters. The van der Waals surface area contributed by atoms with Gasteiger partial charge in [-0.1, -0.05) is 24.3 Å². The number of likely N-dealkylation sites (N-methyl/N-ethyl adjacent to an activating group) is 1. The molecule has 1 atom stereocenters. The number of ether oxygens (including phenoxy) is 1. The van der Waals surface area contributed by atoms with E-state index < -0.39 is 0 Å². The standard InChI is InChI=1S/C15H16N2O/c1-16-10-12-9-11-5-2-3-7-14(11)18-15-13(12)6-4-8-17-15/h2-8,12,16H,9-10H2,1H3/t12-/m1/s1. The lowest BCUT2D eigenvalue weighted by Gasteiger charge is -2.15. The maximum absolute atomic E-state index is 5.94. The van der Waals surface area contributed by atoms with E-state index in [2.05, 4.69) is 28.5 Å². The number of pyridine rings is 1. The lowest BCUT2D eigenvalue weighted by atomic mass is 9.93. The number of nitrogens with zero attached hydrogens (tertiary/aromatic N) is 1. The van der Waals surface area contributed by atoms with Crippen molar-refractivity contribution in [1.29, 1.82) is 0 Å². The highest BCUT2D eigenvalue weighted by Crippen LogP contribution is 2.37. The van der Waals surface area contributed by atoms with Gasteiger partial charge in [-0.15, -0.1) is 0 Å². The summed E-state index contributed by atoms with van der Waals surface area (Å²) in [5.74, 6) is 2.07. The fraction of sp³-hybridized carbons (Fsp3) is 0.267. The minimum absolute atomic E-state index is 0.405. The van der Waals surface area contributed by atoms with Crippen molar-refractivity contribution >= 4 is 0 Å². The van der Waals surface area contributed by atoms with Crippen LogP contribution in [0.2, 0.25) is 0 Å². The molecular weight excluding hydrogens is 224 g/mol. The van der Waals surface area contributed by atoms with E-state index in [1.807, 2.05) is 25.2 Å². The lowest BCUT2D eigenvalue weighted by molar-refractivity contribution is 0.457. The summed E-state index contributed by atoms with van der Waals surface area (Å²) in [6.45, 7) is 0.927. The van der Waals surface area contributed by atoms with E-state index in [-0.39, 0.29) is 0 Å². The van der Waals surface area contributed by atoms with E-state index in [9.17, 15) is 0 Å². The molecule has 92 valence electrons. The summed E-state index contributed by atoms with van der Waals surface area (Å²) >= 11 is 0. The number of nitrogens with one attached hydrogen (secondary N) is 1. The van der Waals surface area contributed by atoms with Gasteiger partial charge < -0.3 is 10.1 Å². The quantitative estimate of drug-likeness (QED) is 0.876. The Morgan fingerprint density at radius 3 is 3.06 bits per heavy atom. The average molecular weight is 240 g/mol. The number of para-hydroxylation sites is 1. The van der Waals surface area contributed by atoms with Crippen LogP contribution in [0.25, 0.3) is 0 Å². The van der Waals surface area contributed by atoms with Gasteiger partial charge >= 0.3 is 0 Å². The first-order valence-corrected chi connectivity index (χ1v) is 6.24. The van der Waals surface area contributed by atoms with Crippen molar-refractivity contribution in [2.24, 2.45) is 0 Å². The molecule has 18 heavy (non-hydrogen) atoms.